The number of rotatable bonds is 2. The highest BCUT2D eigenvalue weighted by Gasteiger charge is 2.05. The molecule has 6 heteroatoms. The molecule has 0 aliphatic rings. The molecular formula is C9H7BrN4S. The summed E-state index contributed by atoms with van der Waals surface area (Å²) in [5.74, 6) is 0. The lowest BCUT2D eigenvalue weighted by atomic mass is 10.4. The first kappa shape index (κ1) is 10.4. The maximum Gasteiger partial charge on any atom is 0.193 e. The Morgan fingerprint density at radius 1 is 1.20 bits per heavy atom. The standard InChI is InChI=1S/C9H7BrN4S/c10-6-4-7(11)8(14-5-6)15-9-12-2-1-3-13-9/h1-5H,11H2. The fourth-order valence-corrected chi connectivity index (χ4v) is 1.98. The zero-order valence-corrected chi connectivity index (χ0v) is 9.99. The lowest BCUT2D eigenvalue weighted by Gasteiger charge is -2.02. The summed E-state index contributed by atoms with van der Waals surface area (Å²) in [6.07, 6.45) is 5.07. The Labute approximate surface area is 99.5 Å². The van der Waals surface area contributed by atoms with E-state index >= 15 is 0 Å². The smallest absolute Gasteiger partial charge is 0.193 e. The molecule has 0 amide bonds. The Morgan fingerprint density at radius 3 is 2.60 bits per heavy atom. The van der Waals surface area contributed by atoms with Crippen LogP contribution in [0.4, 0.5) is 5.69 Å². The minimum absolute atomic E-state index is 0.613. The maximum absolute atomic E-state index is 5.80. The van der Waals surface area contributed by atoms with Crippen molar-refractivity contribution in [3.8, 4) is 0 Å². The van der Waals surface area contributed by atoms with Crippen molar-refractivity contribution in [3.05, 3.63) is 35.2 Å². The van der Waals surface area contributed by atoms with E-state index in [-0.39, 0.29) is 0 Å². The zero-order valence-electron chi connectivity index (χ0n) is 7.59. The second-order valence-electron chi connectivity index (χ2n) is 2.68. The van der Waals surface area contributed by atoms with Gasteiger partial charge in [-0.1, -0.05) is 0 Å². The number of anilines is 1. The third kappa shape index (κ3) is 2.66. The molecule has 0 spiro atoms. The summed E-state index contributed by atoms with van der Waals surface area (Å²) in [6, 6.07) is 3.57. The number of nitrogens with zero attached hydrogens (tertiary/aromatic N) is 3. The molecular weight excluding hydrogens is 276 g/mol. The number of pyridine rings is 1. The van der Waals surface area contributed by atoms with E-state index in [1.807, 2.05) is 0 Å². The van der Waals surface area contributed by atoms with Crippen LogP contribution in [0.25, 0.3) is 0 Å². The predicted molar refractivity (Wildman–Crippen MR) is 62.5 cm³/mol. The van der Waals surface area contributed by atoms with Crippen LogP contribution in [0, 0.1) is 0 Å². The Kier molecular flexibility index (Phi) is 3.17. The van der Waals surface area contributed by atoms with Crippen LogP contribution < -0.4 is 5.73 Å². The van der Waals surface area contributed by atoms with Gasteiger partial charge in [-0.05, 0) is 39.8 Å². The van der Waals surface area contributed by atoms with Crippen LogP contribution >= 0.6 is 27.7 Å². The third-order valence-electron chi connectivity index (χ3n) is 1.58. The first-order chi connectivity index (χ1) is 7.25. The molecule has 15 heavy (non-hydrogen) atoms. The molecule has 0 atom stereocenters. The summed E-state index contributed by atoms with van der Waals surface area (Å²) in [5.41, 5.74) is 6.41. The predicted octanol–water partition coefficient (Wildman–Crippen LogP) is 2.37. The summed E-state index contributed by atoms with van der Waals surface area (Å²) in [4.78, 5) is 12.3. The molecule has 2 rings (SSSR count). The van der Waals surface area contributed by atoms with Gasteiger partial charge in [-0.2, -0.15) is 0 Å². The summed E-state index contributed by atoms with van der Waals surface area (Å²) < 4.78 is 0.860. The fourth-order valence-electron chi connectivity index (χ4n) is 0.952. The van der Waals surface area contributed by atoms with Gasteiger partial charge in [0.05, 0.1) is 5.69 Å². The molecule has 0 saturated carbocycles. The lowest BCUT2D eigenvalue weighted by molar-refractivity contribution is 0.960. The molecule has 0 radical (unpaired) electrons. The van der Waals surface area contributed by atoms with E-state index in [0.717, 1.165) is 4.47 Å². The van der Waals surface area contributed by atoms with Crippen molar-refractivity contribution in [1.82, 2.24) is 15.0 Å². The highest BCUT2D eigenvalue weighted by molar-refractivity contribution is 9.10. The van der Waals surface area contributed by atoms with E-state index in [1.54, 1.807) is 30.7 Å². The quantitative estimate of drug-likeness (QED) is 0.857. The highest BCUT2D eigenvalue weighted by Crippen LogP contribution is 2.28. The van der Waals surface area contributed by atoms with Gasteiger partial charge < -0.3 is 5.73 Å². The monoisotopic (exact) mass is 282 g/mol. The molecule has 4 nitrogen and oxygen atoms in total. The van der Waals surface area contributed by atoms with Crippen molar-refractivity contribution in [2.75, 3.05) is 5.73 Å². The molecule has 0 bridgehead atoms. The second kappa shape index (κ2) is 4.59. The van der Waals surface area contributed by atoms with Crippen LogP contribution in [0.3, 0.4) is 0 Å². The number of halogens is 1. The molecule has 0 fully saturated rings. The van der Waals surface area contributed by atoms with Crippen molar-refractivity contribution < 1.29 is 0 Å². The number of nitrogens with two attached hydrogens (primary N) is 1. The van der Waals surface area contributed by atoms with Crippen molar-refractivity contribution >= 4 is 33.4 Å². The topological polar surface area (TPSA) is 64.7 Å². The molecule has 0 unspecified atom stereocenters. The van der Waals surface area contributed by atoms with Crippen molar-refractivity contribution in [2.24, 2.45) is 0 Å². The molecule has 2 heterocycles. The van der Waals surface area contributed by atoms with E-state index in [2.05, 4.69) is 30.9 Å². The Bertz CT molecular complexity index is 463. The first-order valence-corrected chi connectivity index (χ1v) is 5.72. The van der Waals surface area contributed by atoms with E-state index < -0.39 is 0 Å². The van der Waals surface area contributed by atoms with Gasteiger partial charge >= 0.3 is 0 Å². The first-order valence-electron chi connectivity index (χ1n) is 4.11. The number of hydrogen-bond donors (Lipinski definition) is 1. The van der Waals surface area contributed by atoms with Crippen LogP contribution in [0.2, 0.25) is 0 Å². The molecule has 0 saturated heterocycles. The fraction of sp³-hybridized carbons (Fsp3) is 0. The second-order valence-corrected chi connectivity index (χ2v) is 4.55. The van der Waals surface area contributed by atoms with E-state index in [1.165, 1.54) is 11.8 Å². The highest BCUT2D eigenvalue weighted by atomic mass is 79.9. The minimum atomic E-state index is 0.613. The molecule has 76 valence electrons. The van der Waals surface area contributed by atoms with Gasteiger partial charge in [0, 0.05) is 23.1 Å². The van der Waals surface area contributed by atoms with Crippen LogP contribution in [-0.2, 0) is 0 Å². The van der Waals surface area contributed by atoms with Crippen LogP contribution in [0.5, 0.6) is 0 Å². The summed E-state index contributed by atoms with van der Waals surface area (Å²) >= 11 is 4.64. The molecule has 0 aliphatic heterocycles. The van der Waals surface area contributed by atoms with Gasteiger partial charge in [-0.3, -0.25) is 0 Å². The summed E-state index contributed by atoms with van der Waals surface area (Å²) in [5, 5.41) is 1.35. The number of hydrogen-bond acceptors (Lipinski definition) is 5. The average Bonchev–Trinajstić information content (AvgIpc) is 2.24. The molecule has 0 aromatic carbocycles. The van der Waals surface area contributed by atoms with E-state index in [0.29, 0.717) is 15.9 Å². The van der Waals surface area contributed by atoms with Crippen LogP contribution in [0.1, 0.15) is 0 Å². The molecule has 2 aromatic heterocycles. The average molecular weight is 283 g/mol. The Balaban J connectivity index is 2.25. The molecule has 2 N–H and O–H groups in total. The van der Waals surface area contributed by atoms with Gasteiger partial charge in [0.25, 0.3) is 0 Å². The van der Waals surface area contributed by atoms with Crippen molar-refractivity contribution in [2.45, 2.75) is 10.2 Å². The lowest BCUT2D eigenvalue weighted by Crippen LogP contribution is -1.93. The molecule has 2 aromatic rings. The zero-order chi connectivity index (χ0) is 10.7. The van der Waals surface area contributed by atoms with Gasteiger partial charge in [0.1, 0.15) is 5.03 Å². The molecule has 0 aliphatic carbocycles. The van der Waals surface area contributed by atoms with Gasteiger partial charge in [-0.25, -0.2) is 15.0 Å². The van der Waals surface area contributed by atoms with Crippen LogP contribution in [-0.4, -0.2) is 15.0 Å². The number of aromatic nitrogens is 3. The van der Waals surface area contributed by atoms with Crippen LogP contribution in [0.15, 0.2) is 45.4 Å². The van der Waals surface area contributed by atoms with Gasteiger partial charge in [0.15, 0.2) is 5.16 Å². The van der Waals surface area contributed by atoms with Crippen molar-refractivity contribution in [3.63, 3.8) is 0 Å². The Morgan fingerprint density at radius 2 is 1.93 bits per heavy atom. The van der Waals surface area contributed by atoms with E-state index in [9.17, 15) is 0 Å². The largest absolute Gasteiger partial charge is 0.396 e. The third-order valence-corrected chi connectivity index (χ3v) is 2.94. The Hall–Kier alpha value is -1.14. The van der Waals surface area contributed by atoms with Gasteiger partial charge in [0.2, 0.25) is 0 Å². The van der Waals surface area contributed by atoms with Crippen molar-refractivity contribution in [1.29, 1.82) is 0 Å². The van der Waals surface area contributed by atoms with E-state index in [4.69, 9.17) is 5.73 Å². The van der Waals surface area contributed by atoms with Gasteiger partial charge in [-0.15, -0.1) is 0 Å². The SMILES string of the molecule is Nc1cc(Br)cnc1Sc1ncccn1. The number of nitrogen functional groups attached to an aromatic ring is 1. The minimum Gasteiger partial charge on any atom is -0.396 e. The summed E-state index contributed by atoms with van der Waals surface area (Å²) in [6.45, 7) is 0. The summed E-state index contributed by atoms with van der Waals surface area (Å²) in [7, 11) is 0. The normalized spacial score (nSPS) is 10.2. The maximum atomic E-state index is 5.80.